The van der Waals surface area contributed by atoms with Gasteiger partial charge in [0.1, 0.15) is 11.1 Å². The van der Waals surface area contributed by atoms with Gasteiger partial charge in [0.05, 0.1) is 16.7 Å². The molecule has 1 fully saturated rings. The van der Waals surface area contributed by atoms with Gasteiger partial charge in [0.15, 0.2) is 0 Å². The van der Waals surface area contributed by atoms with Gasteiger partial charge in [-0.2, -0.15) is 5.26 Å². The molecule has 0 saturated heterocycles. The van der Waals surface area contributed by atoms with Gasteiger partial charge >= 0.3 is 5.63 Å². The highest BCUT2D eigenvalue weighted by molar-refractivity contribution is 8.04. The zero-order chi connectivity index (χ0) is 17.4. The van der Waals surface area contributed by atoms with Crippen LogP contribution in [0.1, 0.15) is 36.0 Å². The van der Waals surface area contributed by atoms with E-state index in [-0.39, 0.29) is 11.5 Å². The van der Waals surface area contributed by atoms with Crippen LogP contribution in [0, 0.1) is 17.2 Å². The number of carbonyl (C=O) groups is 1. The molecule has 4 rings (SSSR count). The molecule has 1 aliphatic carbocycles. The van der Waals surface area contributed by atoms with Crippen molar-refractivity contribution in [3.8, 4) is 6.07 Å². The summed E-state index contributed by atoms with van der Waals surface area (Å²) < 4.78 is 5.22. The van der Waals surface area contributed by atoms with Crippen molar-refractivity contribution in [3.63, 3.8) is 0 Å². The van der Waals surface area contributed by atoms with Crippen LogP contribution in [0.4, 0.5) is 0 Å². The second-order valence-corrected chi connectivity index (χ2v) is 7.59. The summed E-state index contributed by atoms with van der Waals surface area (Å²) >= 11 is 1.55. The smallest absolute Gasteiger partial charge is 0.349 e. The number of nitrogens with zero attached hydrogens (tertiary/aromatic N) is 1. The van der Waals surface area contributed by atoms with Gasteiger partial charge in [-0.25, -0.2) is 4.79 Å². The van der Waals surface area contributed by atoms with Crippen LogP contribution in [0.25, 0.3) is 11.0 Å². The van der Waals surface area contributed by atoms with Crippen LogP contribution < -0.4 is 10.9 Å². The third-order valence-electron chi connectivity index (χ3n) is 4.82. The van der Waals surface area contributed by atoms with Crippen LogP contribution in [-0.2, 0) is 0 Å². The van der Waals surface area contributed by atoms with E-state index in [1.165, 1.54) is 6.07 Å². The molecule has 0 spiro atoms. The highest BCUT2D eigenvalue weighted by atomic mass is 32.2. The average molecular weight is 352 g/mol. The summed E-state index contributed by atoms with van der Waals surface area (Å²) in [5.74, 6) is -0.305. The number of hydrogen-bond acceptors (Lipinski definition) is 5. The van der Waals surface area contributed by atoms with Crippen LogP contribution in [-0.4, -0.2) is 11.2 Å². The Morgan fingerprint density at radius 3 is 2.92 bits per heavy atom. The first kappa shape index (κ1) is 16.0. The minimum absolute atomic E-state index is 0.0426. The molecule has 1 aromatic heterocycles. The fraction of sp³-hybridized carbons (Fsp3) is 0.316. The SMILES string of the molecule is N#CC1=C(NC(=O)c2cc3ccccc3oc2=O)SC2CCCCC12. The summed E-state index contributed by atoms with van der Waals surface area (Å²) in [5.41, 5.74) is 0.380. The Morgan fingerprint density at radius 2 is 2.08 bits per heavy atom. The van der Waals surface area contributed by atoms with Crippen molar-refractivity contribution in [2.24, 2.45) is 5.92 Å². The third kappa shape index (κ3) is 2.85. The number of thioether (sulfide) groups is 1. The molecular formula is C19H16N2O3S. The molecule has 2 aromatic rings. The van der Waals surface area contributed by atoms with Gasteiger partial charge in [0.25, 0.3) is 5.91 Å². The van der Waals surface area contributed by atoms with Gasteiger partial charge in [-0.15, -0.1) is 11.8 Å². The summed E-state index contributed by atoms with van der Waals surface area (Å²) in [4.78, 5) is 24.7. The van der Waals surface area contributed by atoms with Crippen LogP contribution in [0.2, 0.25) is 0 Å². The van der Waals surface area contributed by atoms with Gasteiger partial charge in [-0.1, -0.05) is 31.0 Å². The third-order valence-corrected chi connectivity index (χ3v) is 6.25. The van der Waals surface area contributed by atoms with Crippen molar-refractivity contribution < 1.29 is 9.21 Å². The molecule has 2 atom stereocenters. The minimum Gasteiger partial charge on any atom is -0.422 e. The average Bonchev–Trinajstić information content (AvgIpc) is 2.97. The van der Waals surface area contributed by atoms with E-state index in [1.807, 2.05) is 6.07 Å². The second kappa shape index (κ2) is 6.41. The standard InChI is InChI=1S/C19H16N2O3S/c20-10-14-12-6-2-4-8-16(12)25-18(14)21-17(22)13-9-11-5-1-3-7-15(11)24-19(13)23/h1,3,5,7,9,12,16H,2,4,6,8H2,(H,21,22). The van der Waals surface area contributed by atoms with E-state index in [2.05, 4.69) is 11.4 Å². The molecule has 1 saturated carbocycles. The molecule has 2 heterocycles. The lowest BCUT2D eigenvalue weighted by atomic mass is 9.84. The molecule has 6 heteroatoms. The number of fused-ring (bicyclic) bond motifs is 2. The lowest BCUT2D eigenvalue weighted by Gasteiger charge is -2.24. The Labute approximate surface area is 148 Å². The zero-order valence-corrected chi connectivity index (χ0v) is 14.3. The van der Waals surface area contributed by atoms with Crippen LogP contribution in [0.15, 0.2) is 50.1 Å². The van der Waals surface area contributed by atoms with Gasteiger partial charge in [-0.05, 0) is 25.0 Å². The molecule has 126 valence electrons. The first-order chi connectivity index (χ1) is 12.2. The Balaban J connectivity index is 1.65. The van der Waals surface area contributed by atoms with Crippen molar-refractivity contribution >= 4 is 28.6 Å². The summed E-state index contributed by atoms with van der Waals surface area (Å²) in [6.07, 6.45) is 4.31. The minimum atomic E-state index is -0.671. The van der Waals surface area contributed by atoms with E-state index in [1.54, 1.807) is 30.0 Å². The molecule has 0 bridgehead atoms. The van der Waals surface area contributed by atoms with Crippen molar-refractivity contribution in [1.29, 1.82) is 5.26 Å². The van der Waals surface area contributed by atoms with Gasteiger partial charge in [0.2, 0.25) is 0 Å². The molecular weight excluding hydrogens is 336 g/mol. The lowest BCUT2D eigenvalue weighted by Crippen LogP contribution is -2.27. The van der Waals surface area contributed by atoms with Crippen LogP contribution in [0.5, 0.6) is 0 Å². The van der Waals surface area contributed by atoms with E-state index >= 15 is 0 Å². The number of hydrogen-bond donors (Lipinski definition) is 1. The van der Waals surface area contributed by atoms with Crippen molar-refractivity contribution in [1.82, 2.24) is 5.32 Å². The van der Waals surface area contributed by atoms with Crippen LogP contribution >= 0.6 is 11.8 Å². The largest absolute Gasteiger partial charge is 0.422 e. The predicted octanol–water partition coefficient (Wildman–Crippen LogP) is 3.56. The fourth-order valence-corrected chi connectivity index (χ4v) is 5.07. The van der Waals surface area contributed by atoms with Crippen molar-refractivity contribution in [3.05, 3.63) is 56.9 Å². The molecule has 1 aromatic carbocycles. The number of nitriles is 1. The number of rotatable bonds is 2. The van der Waals surface area contributed by atoms with E-state index in [9.17, 15) is 14.9 Å². The van der Waals surface area contributed by atoms with E-state index < -0.39 is 11.5 Å². The normalized spacial score (nSPS) is 22.5. The molecule has 25 heavy (non-hydrogen) atoms. The Kier molecular flexibility index (Phi) is 4.10. The van der Waals surface area contributed by atoms with E-state index in [4.69, 9.17) is 4.42 Å². The topological polar surface area (TPSA) is 83.1 Å². The number of benzene rings is 1. The highest BCUT2D eigenvalue weighted by Gasteiger charge is 2.38. The summed E-state index contributed by atoms with van der Waals surface area (Å²) in [5, 5.41) is 13.9. The van der Waals surface area contributed by atoms with E-state index in [0.29, 0.717) is 26.8 Å². The first-order valence-corrected chi connectivity index (χ1v) is 9.20. The number of allylic oxidation sites excluding steroid dienone is 1. The molecule has 0 radical (unpaired) electrons. The van der Waals surface area contributed by atoms with Crippen molar-refractivity contribution in [2.75, 3.05) is 0 Å². The summed E-state index contributed by atoms with van der Waals surface area (Å²) in [7, 11) is 0. The predicted molar refractivity (Wildman–Crippen MR) is 95.9 cm³/mol. The van der Waals surface area contributed by atoms with Gasteiger partial charge in [-0.3, -0.25) is 4.79 Å². The molecule has 1 N–H and O–H groups in total. The fourth-order valence-electron chi connectivity index (χ4n) is 3.57. The molecule has 5 nitrogen and oxygen atoms in total. The lowest BCUT2D eigenvalue weighted by molar-refractivity contribution is 0.0965. The molecule has 2 unspecified atom stereocenters. The highest BCUT2D eigenvalue weighted by Crippen LogP contribution is 2.47. The molecule has 2 aliphatic rings. The van der Waals surface area contributed by atoms with Crippen LogP contribution in [0.3, 0.4) is 0 Å². The maximum absolute atomic E-state index is 12.6. The second-order valence-electron chi connectivity index (χ2n) is 6.34. The number of para-hydroxylation sites is 1. The summed E-state index contributed by atoms with van der Waals surface area (Å²) in [6.45, 7) is 0. The molecule has 1 aliphatic heterocycles. The Morgan fingerprint density at radius 1 is 1.28 bits per heavy atom. The monoisotopic (exact) mass is 352 g/mol. The number of carbonyl (C=O) groups excluding carboxylic acids is 1. The van der Waals surface area contributed by atoms with Gasteiger partial charge < -0.3 is 9.73 Å². The number of nitrogens with one attached hydrogen (secondary N) is 1. The van der Waals surface area contributed by atoms with Gasteiger partial charge in [0, 0.05) is 16.6 Å². The van der Waals surface area contributed by atoms with Crippen molar-refractivity contribution in [2.45, 2.75) is 30.9 Å². The maximum Gasteiger partial charge on any atom is 0.349 e. The summed E-state index contributed by atoms with van der Waals surface area (Å²) in [6, 6.07) is 10.9. The zero-order valence-electron chi connectivity index (χ0n) is 13.5. The number of amides is 1. The Hall–Kier alpha value is -2.52. The quantitative estimate of drug-likeness (QED) is 0.836. The van der Waals surface area contributed by atoms with E-state index in [0.717, 1.165) is 25.7 Å². The molecule has 1 amide bonds. The first-order valence-electron chi connectivity index (χ1n) is 8.32. The Bertz CT molecular complexity index is 986. The maximum atomic E-state index is 12.6.